The molecular weight excluding hydrogens is 301 g/mol. The normalized spacial score (nSPS) is 10.6. The van der Waals surface area contributed by atoms with Crippen LogP contribution in [0, 0.1) is 0 Å². The zero-order chi connectivity index (χ0) is 10.6. The topological polar surface area (TPSA) is 17.1 Å². The van der Waals surface area contributed by atoms with Crippen LogP contribution in [0.4, 0.5) is 0 Å². The molecule has 84 valence electrons. The van der Waals surface area contributed by atoms with Crippen LogP contribution >= 0.6 is 0 Å². The van der Waals surface area contributed by atoms with Crippen molar-refractivity contribution in [2.75, 3.05) is 27.7 Å². The van der Waals surface area contributed by atoms with Crippen molar-refractivity contribution in [1.82, 2.24) is 0 Å². The molecule has 0 bridgehead atoms. The van der Waals surface area contributed by atoms with E-state index in [2.05, 4.69) is 21.1 Å². The Hall–Kier alpha value is -0.420. The Kier molecular flexibility index (Phi) is 6.05. The van der Waals surface area contributed by atoms with E-state index in [1.54, 1.807) is 0 Å². The summed E-state index contributed by atoms with van der Waals surface area (Å²) in [4.78, 5) is 11.7. The molecule has 0 unspecified atom stereocenters. The SMILES string of the molecule is C[N+](C)(C)CCC(=O)c1ccccc1.[I-]. The summed E-state index contributed by atoms with van der Waals surface area (Å²) in [6.07, 6.45) is 0.619. The maximum absolute atomic E-state index is 11.7. The third-order valence-corrected chi connectivity index (χ3v) is 2.11. The highest BCUT2D eigenvalue weighted by atomic mass is 127. The Balaban J connectivity index is 0.00000196. The maximum Gasteiger partial charge on any atom is 0.168 e. The van der Waals surface area contributed by atoms with E-state index in [0.29, 0.717) is 6.42 Å². The summed E-state index contributed by atoms with van der Waals surface area (Å²) < 4.78 is 0.832. The number of ketones is 1. The Bertz CT molecular complexity index is 303. The zero-order valence-electron chi connectivity index (χ0n) is 9.53. The average molecular weight is 319 g/mol. The molecule has 1 aromatic rings. The van der Waals surface area contributed by atoms with E-state index in [1.807, 2.05) is 30.3 Å². The quantitative estimate of drug-likeness (QED) is 0.394. The molecule has 1 rings (SSSR count). The number of hydrogen-bond acceptors (Lipinski definition) is 1. The molecule has 1 aromatic carbocycles. The number of benzene rings is 1. The second-order valence-electron chi connectivity index (χ2n) is 4.55. The molecule has 2 nitrogen and oxygen atoms in total. The highest BCUT2D eigenvalue weighted by Gasteiger charge is 2.11. The first kappa shape index (κ1) is 14.6. The summed E-state index contributed by atoms with van der Waals surface area (Å²) in [5.41, 5.74) is 0.820. The van der Waals surface area contributed by atoms with Crippen LogP contribution in [-0.2, 0) is 0 Å². The number of quaternary nitrogens is 1. The van der Waals surface area contributed by atoms with Gasteiger partial charge in [-0.05, 0) is 0 Å². The summed E-state index contributed by atoms with van der Waals surface area (Å²) in [6.45, 7) is 0.883. The second kappa shape index (κ2) is 6.23. The molecule has 0 saturated heterocycles. The smallest absolute Gasteiger partial charge is 0.168 e. The molecule has 0 spiro atoms. The highest BCUT2D eigenvalue weighted by Crippen LogP contribution is 2.04. The molecule has 0 radical (unpaired) electrons. The first-order valence-electron chi connectivity index (χ1n) is 4.88. The first-order valence-corrected chi connectivity index (χ1v) is 4.88. The van der Waals surface area contributed by atoms with Gasteiger partial charge in [0.25, 0.3) is 0 Å². The number of nitrogens with zero attached hydrogens (tertiary/aromatic N) is 1. The molecule has 0 atom stereocenters. The van der Waals surface area contributed by atoms with E-state index < -0.39 is 0 Å². The molecule has 0 aliphatic carbocycles. The molecule has 0 aromatic heterocycles. The van der Waals surface area contributed by atoms with Gasteiger partial charge in [-0.2, -0.15) is 0 Å². The summed E-state index contributed by atoms with van der Waals surface area (Å²) in [5, 5.41) is 0. The van der Waals surface area contributed by atoms with E-state index in [4.69, 9.17) is 0 Å². The Labute approximate surface area is 109 Å². The number of halogens is 1. The largest absolute Gasteiger partial charge is 1.00 e. The van der Waals surface area contributed by atoms with Crippen molar-refractivity contribution in [3.63, 3.8) is 0 Å². The Morgan fingerprint density at radius 2 is 1.67 bits per heavy atom. The predicted molar refractivity (Wildman–Crippen MR) is 58.3 cm³/mol. The Morgan fingerprint density at radius 1 is 1.13 bits per heavy atom. The molecule has 0 aliphatic heterocycles. The van der Waals surface area contributed by atoms with Crippen LogP contribution in [-0.4, -0.2) is 38.0 Å². The number of Topliss-reactive ketones (excluding diaryl/α,β-unsaturated/α-hetero) is 1. The van der Waals surface area contributed by atoms with Crippen LogP contribution in [0.15, 0.2) is 30.3 Å². The maximum atomic E-state index is 11.7. The van der Waals surface area contributed by atoms with Crippen LogP contribution in [0.3, 0.4) is 0 Å². The number of rotatable bonds is 4. The van der Waals surface area contributed by atoms with Crippen molar-refractivity contribution in [3.05, 3.63) is 35.9 Å². The fourth-order valence-corrected chi connectivity index (χ4v) is 1.21. The molecule has 15 heavy (non-hydrogen) atoms. The van der Waals surface area contributed by atoms with Gasteiger partial charge in [-0.25, -0.2) is 0 Å². The summed E-state index contributed by atoms with van der Waals surface area (Å²) in [6, 6.07) is 9.48. The molecule has 0 fully saturated rings. The van der Waals surface area contributed by atoms with Crippen molar-refractivity contribution in [2.45, 2.75) is 6.42 Å². The van der Waals surface area contributed by atoms with Crippen molar-refractivity contribution in [2.24, 2.45) is 0 Å². The highest BCUT2D eigenvalue weighted by molar-refractivity contribution is 5.96. The zero-order valence-corrected chi connectivity index (χ0v) is 11.7. The standard InChI is InChI=1S/C12H18NO.HI/c1-13(2,3)10-9-12(14)11-7-5-4-6-8-11;/h4-8H,9-10H2,1-3H3;1H/q+1;/p-1. The first-order chi connectivity index (χ1) is 6.49. The van der Waals surface area contributed by atoms with Crippen LogP contribution in [0.2, 0.25) is 0 Å². The Morgan fingerprint density at radius 3 is 2.13 bits per heavy atom. The van der Waals surface area contributed by atoms with Crippen molar-refractivity contribution in [3.8, 4) is 0 Å². The lowest BCUT2D eigenvalue weighted by Gasteiger charge is -2.23. The number of carbonyl (C=O) groups excluding carboxylic acids is 1. The average Bonchev–Trinajstić information content (AvgIpc) is 2.14. The third kappa shape index (κ3) is 5.89. The minimum absolute atomic E-state index is 0. The van der Waals surface area contributed by atoms with Crippen molar-refractivity contribution in [1.29, 1.82) is 0 Å². The van der Waals surface area contributed by atoms with E-state index in [0.717, 1.165) is 16.6 Å². The lowest BCUT2D eigenvalue weighted by atomic mass is 10.1. The summed E-state index contributed by atoms with van der Waals surface area (Å²) in [5.74, 6) is 0.235. The van der Waals surface area contributed by atoms with E-state index in [1.165, 1.54) is 0 Å². The molecule has 3 heteroatoms. The monoisotopic (exact) mass is 319 g/mol. The van der Waals surface area contributed by atoms with Gasteiger partial charge >= 0.3 is 0 Å². The summed E-state index contributed by atoms with van der Waals surface area (Å²) >= 11 is 0. The van der Waals surface area contributed by atoms with Crippen LogP contribution in [0.5, 0.6) is 0 Å². The minimum Gasteiger partial charge on any atom is -1.00 e. The predicted octanol–water partition coefficient (Wildman–Crippen LogP) is -1.03. The number of carbonyl (C=O) groups is 1. The van der Waals surface area contributed by atoms with Crippen molar-refractivity contribution >= 4 is 5.78 Å². The van der Waals surface area contributed by atoms with Gasteiger partial charge in [-0.1, -0.05) is 30.3 Å². The van der Waals surface area contributed by atoms with Crippen LogP contribution < -0.4 is 24.0 Å². The van der Waals surface area contributed by atoms with Gasteiger partial charge in [0.1, 0.15) is 0 Å². The van der Waals surface area contributed by atoms with E-state index in [9.17, 15) is 4.79 Å². The molecule has 0 N–H and O–H groups in total. The third-order valence-electron chi connectivity index (χ3n) is 2.11. The number of hydrogen-bond donors (Lipinski definition) is 0. The molecule has 0 saturated carbocycles. The lowest BCUT2D eigenvalue weighted by Crippen LogP contribution is -3.00. The second-order valence-corrected chi connectivity index (χ2v) is 4.55. The lowest BCUT2D eigenvalue weighted by molar-refractivity contribution is -0.869. The van der Waals surface area contributed by atoms with Gasteiger partial charge in [-0.3, -0.25) is 4.79 Å². The van der Waals surface area contributed by atoms with Crippen LogP contribution in [0.25, 0.3) is 0 Å². The fraction of sp³-hybridized carbons (Fsp3) is 0.417. The summed E-state index contributed by atoms with van der Waals surface area (Å²) in [7, 11) is 6.29. The van der Waals surface area contributed by atoms with E-state index >= 15 is 0 Å². The molecule has 0 heterocycles. The minimum atomic E-state index is 0. The van der Waals surface area contributed by atoms with Gasteiger partial charge in [0.15, 0.2) is 5.78 Å². The van der Waals surface area contributed by atoms with Crippen LogP contribution in [0.1, 0.15) is 16.8 Å². The van der Waals surface area contributed by atoms with Gasteiger partial charge in [-0.15, -0.1) is 0 Å². The van der Waals surface area contributed by atoms with Gasteiger partial charge in [0.2, 0.25) is 0 Å². The van der Waals surface area contributed by atoms with Gasteiger partial charge in [0, 0.05) is 5.56 Å². The molecular formula is C12H18INO. The van der Waals surface area contributed by atoms with Gasteiger partial charge in [0.05, 0.1) is 34.1 Å². The fourth-order valence-electron chi connectivity index (χ4n) is 1.21. The van der Waals surface area contributed by atoms with Gasteiger partial charge < -0.3 is 28.5 Å². The van der Waals surface area contributed by atoms with E-state index in [-0.39, 0.29) is 29.8 Å². The molecule has 0 amide bonds. The molecule has 0 aliphatic rings. The van der Waals surface area contributed by atoms with Crippen molar-refractivity contribution < 1.29 is 33.3 Å².